The maximum absolute atomic E-state index is 11.5. The van der Waals surface area contributed by atoms with Gasteiger partial charge in [0.15, 0.2) is 5.78 Å². The number of hydrogen-bond donors (Lipinski definition) is 1. The molecule has 0 aliphatic heterocycles. The fraction of sp³-hybridized carbons (Fsp3) is 0.200. The molecule has 0 amide bonds. The van der Waals surface area contributed by atoms with E-state index < -0.39 is 5.97 Å². The first-order chi connectivity index (χ1) is 9.16. The minimum Gasteiger partial charge on any atom is -0.477 e. The van der Waals surface area contributed by atoms with Crippen molar-refractivity contribution >= 4 is 28.4 Å². The lowest BCUT2D eigenvalue weighted by Crippen LogP contribution is -2.12. The third-order valence-corrected chi connectivity index (χ3v) is 3.40. The Balaban J connectivity index is 2.28. The van der Waals surface area contributed by atoms with Gasteiger partial charge in [0, 0.05) is 23.6 Å². The fourth-order valence-corrected chi connectivity index (χ4v) is 2.57. The number of hydrogen-bond acceptors (Lipinski definition) is 2. The van der Waals surface area contributed by atoms with Crippen molar-refractivity contribution in [2.45, 2.75) is 19.3 Å². The van der Waals surface area contributed by atoms with Crippen molar-refractivity contribution in [3.63, 3.8) is 0 Å². The molecule has 1 aromatic carbocycles. The van der Waals surface area contributed by atoms with Crippen molar-refractivity contribution in [2.75, 3.05) is 0 Å². The number of carboxylic acids is 1. The van der Waals surface area contributed by atoms with Crippen LogP contribution in [0.5, 0.6) is 0 Å². The molecular formula is C15H13NO3. The number of benzene rings is 1. The van der Waals surface area contributed by atoms with Crippen LogP contribution in [0.1, 0.15) is 29.8 Å². The maximum atomic E-state index is 11.5. The average molecular weight is 255 g/mol. The lowest BCUT2D eigenvalue weighted by atomic mass is 10.0. The number of para-hydroxylation sites is 1. The Kier molecular flexibility index (Phi) is 2.71. The Morgan fingerprint density at radius 2 is 2.00 bits per heavy atom. The molecule has 0 saturated heterocycles. The number of carbonyl (C=O) groups is 2. The van der Waals surface area contributed by atoms with Crippen LogP contribution < -0.4 is 0 Å². The molecule has 0 spiro atoms. The molecule has 96 valence electrons. The monoisotopic (exact) mass is 255 g/mol. The maximum Gasteiger partial charge on any atom is 0.352 e. The molecule has 1 aromatic heterocycles. The first kappa shape index (κ1) is 11.7. The van der Waals surface area contributed by atoms with Crippen LogP contribution in [-0.2, 0) is 4.79 Å². The van der Waals surface area contributed by atoms with Crippen molar-refractivity contribution in [1.29, 1.82) is 0 Å². The summed E-state index contributed by atoms with van der Waals surface area (Å²) in [5.41, 5.74) is 1.82. The summed E-state index contributed by atoms with van der Waals surface area (Å²) in [6, 6.07) is 9.15. The Morgan fingerprint density at radius 1 is 1.21 bits per heavy atom. The van der Waals surface area contributed by atoms with Gasteiger partial charge in [0.1, 0.15) is 5.69 Å². The average Bonchev–Trinajstić information content (AvgIpc) is 2.78. The van der Waals surface area contributed by atoms with Crippen LogP contribution in [0.2, 0.25) is 0 Å². The van der Waals surface area contributed by atoms with Gasteiger partial charge in [-0.1, -0.05) is 18.2 Å². The summed E-state index contributed by atoms with van der Waals surface area (Å²) in [6.07, 6.45) is 3.62. The highest BCUT2D eigenvalue weighted by Crippen LogP contribution is 2.28. The summed E-state index contributed by atoms with van der Waals surface area (Å²) < 4.78 is 1.69. The van der Waals surface area contributed by atoms with Gasteiger partial charge in [-0.3, -0.25) is 4.79 Å². The Hall–Kier alpha value is -2.36. The molecule has 1 aliphatic carbocycles. The zero-order valence-corrected chi connectivity index (χ0v) is 10.3. The summed E-state index contributed by atoms with van der Waals surface area (Å²) in [7, 11) is 0. The second kappa shape index (κ2) is 4.39. The molecule has 0 unspecified atom stereocenters. The molecule has 1 N–H and O–H groups in total. The number of fused-ring (bicyclic) bond motifs is 1. The van der Waals surface area contributed by atoms with Crippen LogP contribution in [0.3, 0.4) is 0 Å². The third kappa shape index (κ3) is 1.95. The molecule has 4 heteroatoms. The fourth-order valence-electron chi connectivity index (χ4n) is 2.57. The van der Waals surface area contributed by atoms with Gasteiger partial charge >= 0.3 is 5.97 Å². The first-order valence-electron chi connectivity index (χ1n) is 6.24. The van der Waals surface area contributed by atoms with Gasteiger partial charge < -0.3 is 9.67 Å². The molecule has 1 heterocycles. The lowest BCUT2D eigenvalue weighted by molar-refractivity contribution is -0.114. The minimum absolute atomic E-state index is 0.0652. The van der Waals surface area contributed by atoms with E-state index in [0.717, 1.165) is 29.4 Å². The van der Waals surface area contributed by atoms with Crippen LogP contribution >= 0.6 is 0 Å². The summed E-state index contributed by atoms with van der Waals surface area (Å²) in [5, 5.41) is 10.2. The Bertz CT molecular complexity index is 709. The van der Waals surface area contributed by atoms with Gasteiger partial charge in [-0.2, -0.15) is 0 Å². The van der Waals surface area contributed by atoms with E-state index in [1.807, 2.05) is 24.3 Å². The smallest absolute Gasteiger partial charge is 0.352 e. The Morgan fingerprint density at radius 3 is 2.74 bits per heavy atom. The molecule has 0 fully saturated rings. The molecule has 0 bridgehead atoms. The molecule has 3 rings (SSSR count). The van der Waals surface area contributed by atoms with Crippen LogP contribution in [0.15, 0.2) is 36.4 Å². The normalized spacial score (nSPS) is 15.6. The molecular weight excluding hydrogens is 242 g/mol. The topological polar surface area (TPSA) is 59.3 Å². The molecule has 2 aromatic rings. The lowest BCUT2D eigenvalue weighted by Gasteiger charge is -2.16. The van der Waals surface area contributed by atoms with E-state index in [2.05, 4.69) is 0 Å². The SMILES string of the molecule is O=C1C=C(n2c(C(=O)O)cc3ccccc32)CCC1. The van der Waals surface area contributed by atoms with Gasteiger partial charge in [0.25, 0.3) is 0 Å². The summed E-state index contributed by atoms with van der Waals surface area (Å²) in [6.45, 7) is 0. The van der Waals surface area contributed by atoms with Gasteiger partial charge in [-0.15, -0.1) is 0 Å². The summed E-state index contributed by atoms with van der Waals surface area (Å²) >= 11 is 0. The van der Waals surface area contributed by atoms with Crippen LogP contribution in [0, 0.1) is 0 Å². The number of aromatic nitrogens is 1. The van der Waals surface area contributed by atoms with E-state index in [1.54, 1.807) is 16.7 Å². The standard InChI is InChI=1S/C15H13NO3/c17-12-6-3-5-11(9-12)16-13-7-2-1-4-10(13)8-14(16)15(18)19/h1-2,4,7-9H,3,5-6H2,(H,18,19). The van der Waals surface area contributed by atoms with E-state index in [1.165, 1.54) is 0 Å². The molecule has 4 nitrogen and oxygen atoms in total. The van der Waals surface area contributed by atoms with Gasteiger partial charge in [-0.25, -0.2) is 4.79 Å². The second-order valence-electron chi connectivity index (χ2n) is 4.68. The van der Waals surface area contributed by atoms with E-state index in [-0.39, 0.29) is 11.5 Å². The molecule has 0 saturated carbocycles. The van der Waals surface area contributed by atoms with E-state index in [0.29, 0.717) is 6.42 Å². The molecule has 19 heavy (non-hydrogen) atoms. The zero-order valence-electron chi connectivity index (χ0n) is 10.3. The highest BCUT2D eigenvalue weighted by molar-refractivity contribution is 6.01. The predicted octanol–water partition coefficient (Wildman–Crippen LogP) is 2.93. The number of ketones is 1. The Labute approximate surface area is 110 Å². The van der Waals surface area contributed by atoms with Crippen molar-refractivity contribution in [3.05, 3.63) is 42.1 Å². The number of rotatable bonds is 2. The van der Waals surface area contributed by atoms with Gasteiger partial charge in [-0.05, 0) is 25.0 Å². The second-order valence-corrected chi connectivity index (χ2v) is 4.68. The number of carboxylic acid groups (broad SMARTS) is 1. The zero-order chi connectivity index (χ0) is 13.4. The third-order valence-electron chi connectivity index (χ3n) is 3.40. The van der Waals surface area contributed by atoms with Crippen molar-refractivity contribution in [2.24, 2.45) is 0 Å². The highest BCUT2D eigenvalue weighted by atomic mass is 16.4. The van der Waals surface area contributed by atoms with Crippen molar-refractivity contribution in [1.82, 2.24) is 4.57 Å². The molecule has 1 aliphatic rings. The number of nitrogens with zero attached hydrogens (tertiary/aromatic N) is 1. The largest absolute Gasteiger partial charge is 0.477 e. The van der Waals surface area contributed by atoms with E-state index in [4.69, 9.17) is 0 Å². The van der Waals surface area contributed by atoms with Gasteiger partial charge in [0.05, 0.1) is 5.52 Å². The number of carbonyl (C=O) groups excluding carboxylic acids is 1. The van der Waals surface area contributed by atoms with Crippen molar-refractivity contribution < 1.29 is 14.7 Å². The number of aromatic carboxylic acids is 1. The number of allylic oxidation sites excluding steroid dienone is 2. The van der Waals surface area contributed by atoms with Gasteiger partial charge in [0.2, 0.25) is 0 Å². The molecule has 0 radical (unpaired) electrons. The summed E-state index contributed by atoms with van der Waals surface area (Å²) in [4.78, 5) is 22.9. The van der Waals surface area contributed by atoms with Crippen LogP contribution in [0.25, 0.3) is 16.6 Å². The van der Waals surface area contributed by atoms with Crippen LogP contribution in [-0.4, -0.2) is 21.4 Å². The van der Waals surface area contributed by atoms with Crippen molar-refractivity contribution in [3.8, 4) is 0 Å². The van der Waals surface area contributed by atoms with Crippen LogP contribution in [0.4, 0.5) is 0 Å². The predicted molar refractivity (Wildman–Crippen MR) is 72.0 cm³/mol. The van der Waals surface area contributed by atoms with E-state index >= 15 is 0 Å². The molecule has 0 atom stereocenters. The minimum atomic E-state index is -0.977. The first-order valence-corrected chi connectivity index (χ1v) is 6.24. The quantitative estimate of drug-likeness (QED) is 0.897. The van der Waals surface area contributed by atoms with E-state index in [9.17, 15) is 14.7 Å². The highest BCUT2D eigenvalue weighted by Gasteiger charge is 2.19. The summed E-state index contributed by atoms with van der Waals surface area (Å²) in [5.74, 6) is -0.912.